The molecule has 0 aliphatic rings. The number of rotatable bonds is 2. The Labute approximate surface area is 76.4 Å². The molecule has 66 valence electrons. The fourth-order valence-electron chi connectivity index (χ4n) is 0.613. The summed E-state index contributed by atoms with van der Waals surface area (Å²) in [6.07, 6.45) is 0.428. The monoisotopic (exact) mass is 222 g/mol. The highest BCUT2D eigenvalue weighted by molar-refractivity contribution is 9.09. The van der Waals surface area contributed by atoms with Gasteiger partial charge >= 0.3 is 5.97 Å². The van der Waals surface area contributed by atoms with Crippen molar-refractivity contribution in [1.29, 1.82) is 0 Å². The third-order valence-corrected chi connectivity index (χ3v) is 1.19. The summed E-state index contributed by atoms with van der Waals surface area (Å²) in [4.78, 5) is 11.2. The minimum Gasteiger partial charge on any atom is -0.460 e. The van der Waals surface area contributed by atoms with Crippen LogP contribution in [0.3, 0.4) is 0 Å². The van der Waals surface area contributed by atoms with Gasteiger partial charge in [0.2, 0.25) is 0 Å². The van der Waals surface area contributed by atoms with Crippen molar-refractivity contribution in [2.75, 3.05) is 0 Å². The van der Waals surface area contributed by atoms with Crippen LogP contribution in [0.5, 0.6) is 0 Å². The quantitative estimate of drug-likeness (QED) is 0.531. The Kier molecular flexibility index (Phi) is 4.08. The second-order valence-electron chi connectivity index (χ2n) is 3.57. The number of carbonyl (C=O) groups excluding carboxylic acids is 1. The van der Waals surface area contributed by atoms with E-state index >= 15 is 0 Å². The predicted molar refractivity (Wildman–Crippen MR) is 48.9 cm³/mol. The zero-order valence-corrected chi connectivity index (χ0v) is 9.06. The molecule has 0 spiro atoms. The Morgan fingerprint density at radius 3 is 2.27 bits per heavy atom. The number of hydrogen-bond donors (Lipinski definition) is 0. The zero-order chi connectivity index (χ0) is 9.07. The van der Waals surface area contributed by atoms with Crippen LogP contribution in [0.25, 0.3) is 0 Å². The van der Waals surface area contributed by atoms with Gasteiger partial charge in [0.05, 0.1) is 6.42 Å². The second-order valence-corrected chi connectivity index (χ2v) is 5.13. The normalized spacial score (nSPS) is 14.3. The maximum atomic E-state index is 11.0. The first-order chi connectivity index (χ1) is 4.81. The van der Waals surface area contributed by atoms with Crippen molar-refractivity contribution in [1.82, 2.24) is 0 Å². The number of alkyl halides is 1. The smallest absolute Gasteiger partial charge is 0.307 e. The molecule has 0 fully saturated rings. The molecule has 0 aliphatic carbocycles. The average molecular weight is 223 g/mol. The molecule has 0 bridgehead atoms. The van der Waals surface area contributed by atoms with Gasteiger partial charge in [0, 0.05) is 4.83 Å². The molecule has 11 heavy (non-hydrogen) atoms. The van der Waals surface area contributed by atoms with E-state index in [4.69, 9.17) is 4.74 Å². The van der Waals surface area contributed by atoms with Crippen LogP contribution in [0.4, 0.5) is 0 Å². The van der Waals surface area contributed by atoms with Crippen molar-refractivity contribution in [2.24, 2.45) is 0 Å². The predicted octanol–water partition coefficient (Wildman–Crippen LogP) is 2.50. The first-order valence-corrected chi connectivity index (χ1v) is 4.59. The lowest BCUT2D eigenvalue weighted by Crippen LogP contribution is -2.24. The minimum absolute atomic E-state index is 0.151. The van der Waals surface area contributed by atoms with Gasteiger partial charge in [-0.15, -0.1) is 0 Å². The fourth-order valence-corrected chi connectivity index (χ4v) is 0.877. The highest BCUT2D eigenvalue weighted by atomic mass is 79.9. The molecule has 0 rings (SSSR count). The van der Waals surface area contributed by atoms with E-state index in [2.05, 4.69) is 15.9 Å². The van der Waals surface area contributed by atoms with Gasteiger partial charge in [-0.2, -0.15) is 0 Å². The highest BCUT2D eigenvalue weighted by Gasteiger charge is 2.16. The van der Waals surface area contributed by atoms with Crippen LogP contribution in [0.15, 0.2) is 0 Å². The lowest BCUT2D eigenvalue weighted by Gasteiger charge is -2.19. The summed E-state index contributed by atoms with van der Waals surface area (Å²) in [5.41, 5.74) is -0.362. The van der Waals surface area contributed by atoms with Crippen LogP contribution >= 0.6 is 15.9 Å². The van der Waals surface area contributed by atoms with Crippen LogP contribution in [0, 0.1) is 0 Å². The van der Waals surface area contributed by atoms with Crippen molar-refractivity contribution in [3.8, 4) is 0 Å². The maximum Gasteiger partial charge on any atom is 0.307 e. The molecule has 2 nitrogen and oxygen atoms in total. The van der Waals surface area contributed by atoms with Gasteiger partial charge in [0.15, 0.2) is 0 Å². The van der Waals surface area contributed by atoms with E-state index in [0.29, 0.717) is 6.42 Å². The third kappa shape index (κ3) is 7.85. The van der Waals surface area contributed by atoms with Crippen molar-refractivity contribution in [3.05, 3.63) is 0 Å². The summed E-state index contributed by atoms with van der Waals surface area (Å²) in [5, 5.41) is 0. The topological polar surface area (TPSA) is 26.3 Å². The first kappa shape index (κ1) is 11.0. The van der Waals surface area contributed by atoms with Crippen LogP contribution < -0.4 is 0 Å². The van der Waals surface area contributed by atoms with Crippen molar-refractivity contribution < 1.29 is 9.53 Å². The largest absolute Gasteiger partial charge is 0.460 e. The van der Waals surface area contributed by atoms with Crippen molar-refractivity contribution in [2.45, 2.75) is 44.5 Å². The summed E-state index contributed by atoms with van der Waals surface area (Å²) in [6.45, 7) is 7.52. The van der Waals surface area contributed by atoms with Crippen LogP contribution in [-0.2, 0) is 9.53 Å². The molecular formula is C8H15BrO2. The molecule has 0 aromatic carbocycles. The number of halogens is 1. The van der Waals surface area contributed by atoms with Gasteiger partial charge in [-0.3, -0.25) is 4.79 Å². The Hall–Kier alpha value is -0.0500. The molecule has 0 amide bonds. The number of esters is 1. The molecule has 0 heterocycles. The van der Waals surface area contributed by atoms with E-state index in [1.54, 1.807) is 0 Å². The first-order valence-electron chi connectivity index (χ1n) is 3.67. The van der Waals surface area contributed by atoms with Gasteiger partial charge in [-0.05, 0) is 20.8 Å². The summed E-state index contributed by atoms with van der Waals surface area (Å²) < 4.78 is 5.08. The van der Waals surface area contributed by atoms with E-state index in [-0.39, 0.29) is 16.4 Å². The fraction of sp³-hybridized carbons (Fsp3) is 0.875. The molecule has 0 radical (unpaired) electrons. The molecule has 0 aromatic heterocycles. The van der Waals surface area contributed by atoms with Gasteiger partial charge in [0.25, 0.3) is 0 Å². The lowest BCUT2D eigenvalue weighted by atomic mass is 10.2. The standard InChI is InChI=1S/C8H15BrO2/c1-6(9)5-7(10)11-8(2,3)4/h6H,5H2,1-4H3/t6-/m1/s1. The van der Waals surface area contributed by atoms with Crippen LogP contribution in [-0.4, -0.2) is 16.4 Å². The lowest BCUT2D eigenvalue weighted by molar-refractivity contribution is -0.154. The summed E-state index contributed by atoms with van der Waals surface area (Å²) >= 11 is 3.28. The van der Waals surface area contributed by atoms with E-state index in [1.807, 2.05) is 27.7 Å². The Morgan fingerprint density at radius 1 is 1.55 bits per heavy atom. The molecule has 0 aromatic rings. The summed E-state index contributed by atoms with van der Waals surface area (Å²) in [7, 11) is 0. The van der Waals surface area contributed by atoms with E-state index < -0.39 is 0 Å². The van der Waals surface area contributed by atoms with Crippen molar-refractivity contribution in [3.63, 3.8) is 0 Å². The van der Waals surface area contributed by atoms with E-state index in [9.17, 15) is 4.79 Å². The van der Waals surface area contributed by atoms with Gasteiger partial charge in [0.1, 0.15) is 5.60 Å². The zero-order valence-electron chi connectivity index (χ0n) is 7.48. The molecule has 3 heteroatoms. The molecule has 0 unspecified atom stereocenters. The van der Waals surface area contributed by atoms with E-state index in [1.165, 1.54) is 0 Å². The summed E-state index contributed by atoms with van der Waals surface area (Å²) in [6, 6.07) is 0. The highest BCUT2D eigenvalue weighted by Crippen LogP contribution is 2.11. The third-order valence-electron chi connectivity index (χ3n) is 0.868. The molecule has 0 saturated carbocycles. The SMILES string of the molecule is C[C@@H](Br)CC(=O)OC(C)(C)C. The van der Waals surface area contributed by atoms with Gasteiger partial charge < -0.3 is 4.74 Å². The maximum absolute atomic E-state index is 11.0. The molecule has 0 N–H and O–H groups in total. The Balaban J connectivity index is 3.71. The molecule has 0 saturated heterocycles. The number of ether oxygens (including phenoxy) is 1. The average Bonchev–Trinajstić information content (AvgIpc) is 1.53. The Bertz CT molecular complexity index is 136. The second kappa shape index (κ2) is 4.10. The summed E-state index contributed by atoms with van der Waals surface area (Å²) in [5.74, 6) is -0.151. The van der Waals surface area contributed by atoms with Crippen molar-refractivity contribution >= 4 is 21.9 Å². The molecule has 1 atom stereocenters. The van der Waals surface area contributed by atoms with Crippen LogP contribution in [0.2, 0.25) is 0 Å². The Morgan fingerprint density at radius 2 is 2.00 bits per heavy atom. The van der Waals surface area contributed by atoms with E-state index in [0.717, 1.165) is 0 Å². The number of hydrogen-bond acceptors (Lipinski definition) is 2. The molecular weight excluding hydrogens is 208 g/mol. The number of carbonyl (C=O) groups is 1. The molecule has 0 aliphatic heterocycles. The minimum atomic E-state index is -0.362. The van der Waals surface area contributed by atoms with Crippen LogP contribution in [0.1, 0.15) is 34.1 Å². The van der Waals surface area contributed by atoms with Gasteiger partial charge in [-0.1, -0.05) is 22.9 Å². The van der Waals surface area contributed by atoms with Gasteiger partial charge in [-0.25, -0.2) is 0 Å².